The maximum atomic E-state index is 14.4. The highest BCUT2D eigenvalue weighted by molar-refractivity contribution is 5.93. The third-order valence-corrected chi connectivity index (χ3v) is 6.46. The average Bonchev–Trinajstić information content (AvgIpc) is 3.29. The lowest BCUT2D eigenvalue weighted by molar-refractivity contribution is -0.140. The molecule has 4 aromatic rings. The van der Waals surface area contributed by atoms with E-state index in [0.717, 1.165) is 17.1 Å². The zero-order valence-electron chi connectivity index (χ0n) is 20.7. The molecule has 13 heteroatoms. The number of hydrogen-bond donors (Lipinski definition) is 1. The van der Waals surface area contributed by atoms with Crippen molar-refractivity contribution in [3.05, 3.63) is 48.3 Å². The topological polar surface area (TPSA) is 99.9 Å². The van der Waals surface area contributed by atoms with Crippen molar-refractivity contribution in [3.63, 3.8) is 0 Å². The van der Waals surface area contributed by atoms with Crippen LogP contribution < -0.4 is 14.8 Å². The van der Waals surface area contributed by atoms with E-state index in [-0.39, 0.29) is 12.1 Å². The minimum Gasteiger partial charge on any atom is -0.472 e. The fourth-order valence-electron chi connectivity index (χ4n) is 4.64. The molecule has 1 N–H and O–H groups in total. The van der Waals surface area contributed by atoms with Gasteiger partial charge in [0.1, 0.15) is 17.6 Å². The first-order chi connectivity index (χ1) is 18.3. The number of aromatic nitrogens is 6. The molecule has 0 aliphatic heterocycles. The van der Waals surface area contributed by atoms with Crippen molar-refractivity contribution in [2.45, 2.75) is 50.9 Å². The SMILES string of the molecule is CCNc1cc2c(cn1)c(-c1cnc(OC)nc1)nn2[C@H]1CC[C@@H](Oc2nccc(C(F)(F)F)c2F)CC1. The molecule has 0 atom stereocenters. The summed E-state index contributed by atoms with van der Waals surface area (Å²) in [6, 6.07) is 2.77. The Morgan fingerprint density at radius 1 is 1.05 bits per heavy atom. The highest BCUT2D eigenvalue weighted by atomic mass is 19.4. The second kappa shape index (κ2) is 10.4. The van der Waals surface area contributed by atoms with Gasteiger partial charge in [-0.15, -0.1) is 0 Å². The lowest BCUT2D eigenvalue weighted by atomic mass is 9.93. The summed E-state index contributed by atoms with van der Waals surface area (Å²) in [5.74, 6) is -1.41. The number of pyridine rings is 2. The smallest absolute Gasteiger partial charge is 0.419 e. The number of rotatable bonds is 7. The van der Waals surface area contributed by atoms with Crippen LogP contribution in [0.3, 0.4) is 0 Å². The molecular weight excluding hydrogens is 506 g/mol. The van der Waals surface area contributed by atoms with E-state index in [1.165, 1.54) is 7.11 Å². The maximum Gasteiger partial charge on any atom is 0.419 e. The van der Waals surface area contributed by atoms with Gasteiger partial charge >= 0.3 is 12.2 Å². The number of hydrogen-bond acceptors (Lipinski definition) is 8. The Bertz CT molecular complexity index is 1420. The standard InChI is InChI=1S/C25H25F4N7O2/c1-3-30-20-10-19-17(13-32-20)22(14-11-33-24(37-2)34-12-14)35-36(19)15-4-6-16(7-5-15)38-23-21(26)18(8-9-31-23)25(27,28)29/h8-13,15-16H,3-7H2,1-2H3,(H,30,32)/t15-,16+. The molecule has 0 amide bonds. The number of fused-ring (bicyclic) bond motifs is 1. The van der Waals surface area contributed by atoms with E-state index in [9.17, 15) is 17.6 Å². The van der Waals surface area contributed by atoms with Gasteiger partial charge in [-0.2, -0.15) is 18.3 Å². The number of anilines is 1. The van der Waals surface area contributed by atoms with Gasteiger partial charge in [-0.25, -0.2) is 24.3 Å². The van der Waals surface area contributed by atoms with Crippen molar-refractivity contribution >= 4 is 16.7 Å². The second-order valence-corrected chi connectivity index (χ2v) is 8.89. The van der Waals surface area contributed by atoms with Crippen molar-refractivity contribution in [1.29, 1.82) is 0 Å². The zero-order valence-corrected chi connectivity index (χ0v) is 20.7. The number of nitrogens with one attached hydrogen (secondary N) is 1. The van der Waals surface area contributed by atoms with Crippen molar-refractivity contribution in [2.24, 2.45) is 0 Å². The quantitative estimate of drug-likeness (QED) is 0.315. The lowest BCUT2D eigenvalue weighted by Gasteiger charge is -2.29. The largest absolute Gasteiger partial charge is 0.472 e. The van der Waals surface area contributed by atoms with Crippen molar-refractivity contribution in [2.75, 3.05) is 19.0 Å². The number of halogens is 4. The summed E-state index contributed by atoms with van der Waals surface area (Å²) >= 11 is 0. The molecule has 1 saturated carbocycles. The van der Waals surface area contributed by atoms with Crippen LogP contribution in [0, 0.1) is 5.82 Å². The van der Waals surface area contributed by atoms with Crippen molar-refractivity contribution in [1.82, 2.24) is 29.7 Å². The van der Waals surface area contributed by atoms with Crippen LogP contribution in [0.25, 0.3) is 22.2 Å². The van der Waals surface area contributed by atoms with Gasteiger partial charge in [0.15, 0.2) is 5.82 Å². The molecule has 0 radical (unpaired) electrons. The highest BCUT2D eigenvalue weighted by Crippen LogP contribution is 2.38. The van der Waals surface area contributed by atoms with Crippen LogP contribution in [0.2, 0.25) is 0 Å². The lowest BCUT2D eigenvalue weighted by Crippen LogP contribution is -2.27. The average molecular weight is 532 g/mol. The minimum atomic E-state index is -4.82. The maximum absolute atomic E-state index is 14.4. The van der Waals surface area contributed by atoms with Crippen LogP contribution in [-0.2, 0) is 6.18 Å². The molecule has 38 heavy (non-hydrogen) atoms. The summed E-state index contributed by atoms with van der Waals surface area (Å²) < 4.78 is 66.1. The van der Waals surface area contributed by atoms with E-state index in [2.05, 4.69) is 25.3 Å². The predicted molar refractivity (Wildman–Crippen MR) is 130 cm³/mol. The van der Waals surface area contributed by atoms with Gasteiger partial charge in [0.2, 0.25) is 0 Å². The Hall–Kier alpha value is -4.03. The molecule has 1 aliphatic carbocycles. The Labute approximate surface area is 215 Å². The summed E-state index contributed by atoms with van der Waals surface area (Å²) in [6.07, 6.45) is 2.89. The Kier molecular flexibility index (Phi) is 7.00. The molecular formula is C25H25F4N7O2. The number of alkyl halides is 3. The monoisotopic (exact) mass is 531 g/mol. The van der Waals surface area contributed by atoms with Gasteiger partial charge in [-0.1, -0.05) is 0 Å². The molecule has 1 aliphatic rings. The Morgan fingerprint density at radius 3 is 2.45 bits per heavy atom. The van der Waals surface area contributed by atoms with Gasteiger partial charge in [-0.05, 0) is 38.7 Å². The van der Waals surface area contributed by atoms with Crippen LogP contribution in [0.1, 0.15) is 44.2 Å². The van der Waals surface area contributed by atoms with E-state index in [0.29, 0.717) is 55.4 Å². The van der Waals surface area contributed by atoms with E-state index < -0.39 is 29.5 Å². The summed E-state index contributed by atoms with van der Waals surface area (Å²) in [5.41, 5.74) is 0.860. The van der Waals surface area contributed by atoms with E-state index >= 15 is 0 Å². The molecule has 200 valence electrons. The first-order valence-electron chi connectivity index (χ1n) is 12.1. The van der Waals surface area contributed by atoms with Crippen LogP contribution in [0.15, 0.2) is 36.9 Å². The summed E-state index contributed by atoms with van der Waals surface area (Å²) in [6.45, 7) is 2.68. The zero-order chi connectivity index (χ0) is 26.9. The van der Waals surface area contributed by atoms with Gasteiger partial charge in [0, 0.05) is 48.3 Å². The van der Waals surface area contributed by atoms with Crippen molar-refractivity contribution < 1.29 is 27.0 Å². The van der Waals surface area contributed by atoms with E-state index in [1.807, 2.05) is 17.7 Å². The third-order valence-electron chi connectivity index (χ3n) is 6.46. The summed E-state index contributed by atoms with van der Waals surface area (Å²) in [4.78, 5) is 16.6. The number of nitrogens with zero attached hydrogens (tertiary/aromatic N) is 6. The predicted octanol–water partition coefficient (Wildman–Crippen LogP) is 5.44. The van der Waals surface area contributed by atoms with E-state index in [1.54, 1.807) is 18.6 Å². The van der Waals surface area contributed by atoms with Crippen LogP contribution in [0.5, 0.6) is 11.9 Å². The number of methoxy groups -OCH3 is 1. The van der Waals surface area contributed by atoms with Gasteiger partial charge in [0.25, 0.3) is 5.88 Å². The third kappa shape index (κ3) is 5.04. The van der Waals surface area contributed by atoms with Crippen LogP contribution >= 0.6 is 0 Å². The normalized spacial score (nSPS) is 17.9. The molecule has 0 unspecified atom stereocenters. The molecule has 0 aromatic carbocycles. The fourth-order valence-corrected chi connectivity index (χ4v) is 4.64. The molecule has 1 fully saturated rings. The molecule has 0 saturated heterocycles. The second-order valence-electron chi connectivity index (χ2n) is 8.89. The summed E-state index contributed by atoms with van der Waals surface area (Å²) in [5, 5.41) is 8.93. The first-order valence-corrected chi connectivity index (χ1v) is 12.1. The fraction of sp³-hybridized carbons (Fsp3) is 0.400. The molecule has 0 bridgehead atoms. The summed E-state index contributed by atoms with van der Waals surface area (Å²) in [7, 11) is 1.49. The van der Waals surface area contributed by atoms with Crippen molar-refractivity contribution in [3.8, 4) is 23.1 Å². The number of ether oxygens (including phenoxy) is 2. The van der Waals surface area contributed by atoms with Crippen LogP contribution in [-0.4, -0.2) is 49.5 Å². The first kappa shape index (κ1) is 25.6. The van der Waals surface area contributed by atoms with Crippen LogP contribution in [0.4, 0.5) is 23.4 Å². The molecule has 4 heterocycles. The molecule has 0 spiro atoms. The van der Waals surface area contributed by atoms with E-state index in [4.69, 9.17) is 14.6 Å². The van der Waals surface area contributed by atoms with Gasteiger partial charge < -0.3 is 14.8 Å². The van der Waals surface area contributed by atoms with Gasteiger partial charge in [-0.3, -0.25) is 4.68 Å². The molecule has 5 rings (SSSR count). The Morgan fingerprint density at radius 2 is 1.79 bits per heavy atom. The van der Waals surface area contributed by atoms with Gasteiger partial charge in [0.05, 0.1) is 24.2 Å². The highest BCUT2D eigenvalue weighted by Gasteiger charge is 2.36. The molecule has 9 nitrogen and oxygen atoms in total. The molecule has 4 aromatic heterocycles. The Balaban J connectivity index is 1.39. The minimum absolute atomic E-state index is 0.0125.